The zero-order chi connectivity index (χ0) is 30.5. The third-order valence-electron chi connectivity index (χ3n) is 10.4. The predicted molar refractivity (Wildman–Crippen MR) is 171 cm³/mol. The maximum absolute atomic E-state index is 7.41. The summed E-state index contributed by atoms with van der Waals surface area (Å²) < 4.78 is 35.2. The van der Waals surface area contributed by atoms with Crippen molar-refractivity contribution in [3.8, 4) is 0 Å². The Bertz CT molecular complexity index is 1070. The van der Waals surface area contributed by atoms with Crippen LogP contribution < -0.4 is 16.0 Å². The summed E-state index contributed by atoms with van der Waals surface area (Å²) in [4.78, 5) is 5.02. The molecule has 12 heteroatoms. The van der Waals surface area contributed by atoms with Crippen LogP contribution in [0, 0.1) is 0 Å². The second-order valence-corrected chi connectivity index (χ2v) is 23.1. The summed E-state index contributed by atoms with van der Waals surface area (Å²) in [6.07, 6.45) is 0.656. The fourth-order valence-corrected chi connectivity index (χ4v) is 19.3. The van der Waals surface area contributed by atoms with Crippen molar-refractivity contribution in [3.05, 3.63) is 35.9 Å². The lowest BCUT2D eigenvalue weighted by atomic mass is 10.1. The summed E-state index contributed by atoms with van der Waals surface area (Å²) >= 11 is 0. The maximum Gasteiger partial charge on any atom is 0.335 e. The fraction of sp³-hybridized carbons (Fsp3) is 0.806. The molecule has 43 heavy (non-hydrogen) atoms. The quantitative estimate of drug-likeness (QED) is 0.366. The molecule has 5 heterocycles. The topological polar surface area (TPSA) is 88.7 Å². The van der Waals surface area contributed by atoms with E-state index in [2.05, 4.69) is 105 Å². The van der Waals surface area contributed by atoms with E-state index in [0.717, 1.165) is 26.2 Å². The van der Waals surface area contributed by atoms with E-state index < -0.39 is 17.1 Å². The van der Waals surface area contributed by atoms with Crippen molar-refractivity contribution in [2.24, 2.45) is 0 Å². The van der Waals surface area contributed by atoms with E-state index in [1.54, 1.807) is 0 Å². The monoisotopic (exact) mass is 633 g/mol. The van der Waals surface area contributed by atoms with Gasteiger partial charge in [-0.3, -0.25) is 20.9 Å². The molecule has 5 fully saturated rings. The van der Waals surface area contributed by atoms with E-state index in [1.807, 2.05) is 6.07 Å². The molecule has 0 amide bonds. The van der Waals surface area contributed by atoms with Crippen LogP contribution in [-0.2, 0) is 29.0 Å². The number of fused-ring (bicyclic) bond motifs is 4. The van der Waals surface area contributed by atoms with E-state index in [9.17, 15) is 0 Å². The van der Waals surface area contributed by atoms with Crippen molar-refractivity contribution in [2.45, 2.75) is 134 Å². The highest BCUT2D eigenvalue weighted by Gasteiger charge is 2.61. The van der Waals surface area contributed by atoms with E-state index in [-0.39, 0.29) is 43.2 Å². The lowest BCUT2D eigenvalue weighted by molar-refractivity contribution is -0.144. The molecule has 3 N–H and O–H groups in total. The van der Waals surface area contributed by atoms with Gasteiger partial charge in [-0.25, -0.2) is 4.90 Å². The van der Waals surface area contributed by atoms with Crippen molar-refractivity contribution in [1.29, 1.82) is 0 Å². The molecule has 5 aliphatic heterocycles. The molecule has 0 aromatic heterocycles. The second-order valence-electron chi connectivity index (χ2n) is 14.3. The van der Waals surface area contributed by atoms with Gasteiger partial charge in [0.15, 0.2) is 0 Å². The molecule has 0 spiro atoms. The SMILES string of the molecule is CC(C)[Si]1(C(C)C)OC[C@H]2O[C@@H](N3CNC4C(OCc5ccccc5)NC5NCCN5C43)CC2O[Si](C(C)C)(C(C)C)O1. The van der Waals surface area contributed by atoms with Gasteiger partial charge in [0.05, 0.1) is 38.2 Å². The molecule has 5 saturated heterocycles. The van der Waals surface area contributed by atoms with Crippen LogP contribution in [0.3, 0.4) is 0 Å². The Morgan fingerprint density at radius 1 is 0.884 bits per heavy atom. The van der Waals surface area contributed by atoms with Gasteiger partial charge in [-0.2, -0.15) is 0 Å². The number of nitrogens with zero attached hydrogens (tertiary/aromatic N) is 2. The third kappa shape index (κ3) is 5.85. The van der Waals surface area contributed by atoms with E-state index in [0.29, 0.717) is 35.4 Å². The molecule has 242 valence electrons. The summed E-state index contributed by atoms with van der Waals surface area (Å²) in [6, 6.07) is 10.5. The van der Waals surface area contributed by atoms with Gasteiger partial charge in [-0.1, -0.05) is 85.7 Å². The Kier molecular flexibility index (Phi) is 9.59. The van der Waals surface area contributed by atoms with Crippen LogP contribution in [0.4, 0.5) is 0 Å². The standard InChI is InChI=1S/C31H55N5O5Si2/c1-20(2)42(21(3)4)38-18-26-25(40-43(41-42,22(5)6)23(7)8)16-27(39-26)36-19-33-28-29(37-17-24-12-10-9-11-13-24)34-31-32-14-15-35(31)30(28)36/h9-13,20-23,25-34H,14-19H2,1-8H3/t25?,26-,27-,28?,29?,30?,31?/m1/s1. The molecule has 5 aliphatic rings. The summed E-state index contributed by atoms with van der Waals surface area (Å²) in [7, 11) is -5.27. The van der Waals surface area contributed by atoms with Crippen molar-refractivity contribution in [1.82, 2.24) is 25.8 Å². The van der Waals surface area contributed by atoms with Crippen LogP contribution >= 0.6 is 0 Å². The van der Waals surface area contributed by atoms with Crippen molar-refractivity contribution < 1.29 is 22.4 Å². The van der Waals surface area contributed by atoms with Crippen LogP contribution in [0.2, 0.25) is 22.2 Å². The fourth-order valence-electron chi connectivity index (χ4n) is 8.08. The Morgan fingerprint density at radius 2 is 1.58 bits per heavy atom. The van der Waals surface area contributed by atoms with Gasteiger partial charge >= 0.3 is 17.1 Å². The minimum absolute atomic E-state index is 0.0498. The molecule has 0 saturated carbocycles. The van der Waals surface area contributed by atoms with Crippen molar-refractivity contribution in [3.63, 3.8) is 0 Å². The van der Waals surface area contributed by atoms with Gasteiger partial charge < -0.3 is 22.4 Å². The molecule has 1 aromatic carbocycles. The summed E-state index contributed by atoms with van der Waals surface area (Å²) in [5, 5.41) is 11.1. The average molecular weight is 634 g/mol. The minimum atomic E-state index is -2.67. The molecule has 0 bridgehead atoms. The predicted octanol–water partition coefficient (Wildman–Crippen LogP) is 3.95. The number of ether oxygens (including phenoxy) is 2. The number of hydrogen-bond donors (Lipinski definition) is 3. The number of nitrogens with one attached hydrogen (secondary N) is 3. The first-order valence-corrected chi connectivity index (χ1v) is 20.6. The van der Waals surface area contributed by atoms with E-state index in [4.69, 9.17) is 22.4 Å². The Labute approximate surface area is 261 Å². The Hall–Kier alpha value is -0.746. The largest absolute Gasteiger partial charge is 0.414 e. The van der Waals surface area contributed by atoms with Gasteiger partial charge in [0.1, 0.15) is 24.8 Å². The van der Waals surface area contributed by atoms with Crippen LogP contribution in [-0.4, -0.2) is 96.4 Å². The van der Waals surface area contributed by atoms with Crippen LogP contribution in [0.1, 0.15) is 67.4 Å². The third-order valence-corrected chi connectivity index (χ3v) is 20.6. The first kappa shape index (κ1) is 32.2. The molecule has 5 unspecified atom stereocenters. The molecular formula is C31H55N5O5Si2. The van der Waals surface area contributed by atoms with Gasteiger partial charge in [0.25, 0.3) is 0 Å². The summed E-state index contributed by atoms with van der Waals surface area (Å²) in [6.45, 7) is 22.0. The smallest absolute Gasteiger partial charge is 0.335 e. The van der Waals surface area contributed by atoms with Gasteiger partial charge in [0.2, 0.25) is 0 Å². The zero-order valence-corrected chi connectivity index (χ0v) is 29.4. The number of hydrogen-bond acceptors (Lipinski definition) is 10. The highest BCUT2D eigenvalue weighted by Crippen LogP contribution is 2.48. The zero-order valence-electron chi connectivity index (χ0n) is 27.4. The van der Waals surface area contributed by atoms with Crippen LogP contribution in [0.15, 0.2) is 30.3 Å². The second kappa shape index (κ2) is 12.8. The number of rotatable bonds is 8. The highest BCUT2D eigenvalue weighted by atomic mass is 28.5. The minimum Gasteiger partial charge on any atom is -0.414 e. The van der Waals surface area contributed by atoms with Crippen LogP contribution in [0.25, 0.3) is 0 Å². The molecule has 1 aromatic rings. The highest BCUT2D eigenvalue weighted by molar-refractivity contribution is 6.83. The van der Waals surface area contributed by atoms with Gasteiger partial charge in [-0.15, -0.1) is 0 Å². The number of benzene rings is 1. The van der Waals surface area contributed by atoms with Crippen molar-refractivity contribution in [2.75, 3.05) is 26.4 Å². The van der Waals surface area contributed by atoms with E-state index in [1.165, 1.54) is 5.56 Å². The normalized spacial score (nSPS) is 36.2. The first-order chi connectivity index (χ1) is 20.6. The van der Waals surface area contributed by atoms with Crippen molar-refractivity contribution >= 4 is 17.1 Å². The molecule has 0 radical (unpaired) electrons. The Balaban J connectivity index is 1.24. The molecule has 0 aliphatic carbocycles. The maximum atomic E-state index is 7.41. The van der Waals surface area contributed by atoms with Crippen LogP contribution in [0.5, 0.6) is 0 Å². The average Bonchev–Trinajstić information content (AvgIpc) is 3.70. The molecular weight excluding hydrogens is 579 g/mol. The Morgan fingerprint density at radius 3 is 2.26 bits per heavy atom. The molecule has 6 rings (SSSR count). The molecule has 7 atom stereocenters. The summed E-state index contributed by atoms with van der Waals surface area (Å²) in [5.41, 5.74) is 2.43. The summed E-state index contributed by atoms with van der Waals surface area (Å²) in [5.74, 6) is 0. The van der Waals surface area contributed by atoms with Gasteiger partial charge in [0, 0.05) is 19.5 Å². The molecule has 10 nitrogen and oxygen atoms in total. The first-order valence-electron chi connectivity index (χ1n) is 16.6. The van der Waals surface area contributed by atoms with Gasteiger partial charge in [-0.05, 0) is 27.7 Å². The lowest BCUT2D eigenvalue weighted by Gasteiger charge is -2.51. The van der Waals surface area contributed by atoms with E-state index >= 15 is 0 Å². The lowest BCUT2D eigenvalue weighted by Crippen LogP contribution is -2.71.